The highest BCUT2D eigenvalue weighted by molar-refractivity contribution is 6.35. The minimum Gasteiger partial charge on any atom is -0.394 e. The summed E-state index contributed by atoms with van der Waals surface area (Å²) in [6.07, 6.45) is 6.57. The molecule has 1 aliphatic rings. The first-order valence-electron chi connectivity index (χ1n) is 6.14. The molecular formula is C14H16ClNO. The topological polar surface area (TPSA) is 25.2 Å². The van der Waals surface area contributed by atoms with Crippen LogP contribution in [0.15, 0.2) is 30.5 Å². The molecule has 0 amide bonds. The van der Waals surface area contributed by atoms with E-state index in [1.54, 1.807) is 0 Å². The lowest BCUT2D eigenvalue weighted by Crippen LogP contribution is -2.33. The molecule has 0 atom stereocenters. The molecule has 0 aliphatic heterocycles. The highest BCUT2D eigenvalue weighted by atomic mass is 35.5. The van der Waals surface area contributed by atoms with E-state index in [2.05, 4.69) is 16.8 Å². The van der Waals surface area contributed by atoms with Crippen LogP contribution in [0.25, 0.3) is 10.9 Å². The zero-order valence-electron chi connectivity index (χ0n) is 9.69. The summed E-state index contributed by atoms with van der Waals surface area (Å²) < 4.78 is 2.22. The number of hydrogen-bond acceptors (Lipinski definition) is 1. The third-order valence-electron chi connectivity index (χ3n) is 4.02. The molecule has 1 heterocycles. The molecule has 0 radical (unpaired) electrons. The Morgan fingerprint density at radius 1 is 1.24 bits per heavy atom. The minimum absolute atomic E-state index is 0.105. The number of nitrogens with zero attached hydrogens (tertiary/aromatic N) is 1. The van der Waals surface area contributed by atoms with Gasteiger partial charge in [-0.05, 0) is 31.0 Å². The zero-order valence-corrected chi connectivity index (χ0v) is 10.5. The number of halogens is 1. The number of aromatic nitrogens is 1. The minimum atomic E-state index is -0.105. The van der Waals surface area contributed by atoms with E-state index in [-0.39, 0.29) is 12.1 Å². The molecule has 0 spiro atoms. The monoisotopic (exact) mass is 249 g/mol. The fraction of sp³-hybridized carbons (Fsp3) is 0.429. The number of fused-ring (bicyclic) bond motifs is 1. The highest BCUT2D eigenvalue weighted by Crippen LogP contribution is 2.39. The summed E-state index contributed by atoms with van der Waals surface area (Å²) in [5.74, 6) is 0. The standard InChI is InChI=1S/C14H16ClNO/c15-12-4-3-5-13-11(12)6-9-16(13)14(10-17)7-1-2-8-14/h3-6,9,17H,1-2,7-8,10H2. The summed E-state index contributed by atoms with van der Waals surface area (Å²) in [6, 6.07) is 8.01. The molecule has 1 aliphatic carbocycles. The predicted octanol–water partition coefficient (Wildman–Crippen LogP) is 3.56. The third-order valence-corrected chi connectivity index (χ3v) is 4.35. The molecule has 0 unspecified atom stereocenters. The fourth-order valence-corrected chi connectivity index (χ4v) is 3.28. The largest absolute Gasteiger partial charge is 0.394 e. The van der Waals surface area contributed by atoms with Gasteiger partial charge in [0.2, 0.25) is 0 Å². The lowest BCUT2D eigenvalue weighted by molar-refractivity contribution is 0.141. The van der Waals surface area contributed by atoms with Gasteiger partial charge in [-0.15, -0.1) is 0 Å². The SMILES string of the molecule is OCC1(n2ccc3c(Cl)cccc32)CCCC1. The Morgan fingerprint density at radius 3 is 2.71 bits per heavy atom. The number of aliphatic hydroxyl groups is 1. The maximum Gasteiger partial charge on any atom is 0.0675 e. The molecule has 0 saturated heterocycles. The van der Waals surface area contributed by atoms with E-state index in [0.29, 0.717) is 0 Å². The number of rotatable bonds is 2. The molecule has 17 heavy (non-hydrogen) atoms. The third kappa shape index (κ3) is 1.59. The van der Waals surface area contributed by atoms with Crippen molar-refractivity contribution >= 4 is 22.5 Å². The maximum atomic E-state index is 9.76. The first-order chi connectivity index (χ1) is 8.27. The van der Waals surface area contributed by atoms with Gasteiger partial charge in [0.1, 0.15) is 0 Å². The van der Waals surface area contributed by atoms with E-state index in [9.17, 15) is 5.11 Å². The Labute approximate surface area is 106 Å². The number of benzene rings is 1. The van der Waals surface area contributed by atoms with Crippen LogP contribution in [0.4, 0.5) is 0 Å². The van der Waals surface area contributed by atoms with Crippen LogP contribution < -0.4 is 0 Å². The predicted molar refractivity (Wildman–Crippen MR) is 70.5 cm³/mol. The van der Waals surface area contributed by atoms with E-state index < -0.39 is 0 Å². The molecule has 1 saturated carbocycles. The van der Waals surface area contributed by atoms with Gasteiger partial charge in [0.15, 0.2) is 0 Å². The summed E-state index contributed by atoms with van der Waals surface area (Å²) in [5, 5.41) is 11.6. The number of aliphatic hydroxyl groups excluding tert-OH is 1. The first kappa shape index (κ1) is 11.1. The lowest BCUT2D eigenvalue weighted by atomic mass is 9.98. The number of hydrogen-bond donors (Lipinski definition) is 1. The normalized spacial score (nSPS) is 18.9. The van der Waals surface area contributed by atoms with Crippen molar-refractivity contribution in [2.24, 2.45) is 0 Å². The summed E-state index contributed by atoms with van der Waals surface area (Å²) >= 11 is 6.19. The van der Waals surface area contributed by atoms with Gasteiger partial charge >= 0.3 is 0 Å². The van der Waals surface area contributed by atoms with E-state index in [1.165, 1.54) is 12.8 Å². The quantitative estimate of drug-likeness (QED) is 0.865. The van der Waals surface area contributed by atoms with E-state index in [0.717, 1.165) is 28.8 Å². The molecule has 1 aromatic heterocycles. The van der Waals surface area contributed by atoms with Crippen molar-refractivity contribution in [3.05, 3.63) is 35.5 Å². The molecule has 2 aromatic rings. The van der Waals surface area contributed by atoms with Crippen LogP contribution in [0, 0.1) is 0 Å². The molecule has 0 bridgehead atoms. The van der Waals surface area contributed by atoms with Gasteiger partial charge in [-0.1, -0.05) is 30.5 Å². The van der Waals surface area contributed by atoms with Crippen LogP contribution in [0.2, 0.25) is 5.02 Å². The summed E-state index contributed by atoms with van der Waals surface area (Å²) in [4.78, 5) is 0. The lowest BCUT2D eigenvalue weighted by Gasteiger charge is -2.30. The van der Waals surface area contributed by atoms with Crippen molar-refractivity contribution in [2.75, 3.05) is 6.61 Å². The molecule has 1 N–H and O–H groups in total. The first-order valence-corrected chi connectivity index (χ1v) is 6.52. The van der Waals surface area contributed by atoms with Gasteiger partial charge in [0.05, 0.1) is 17.7 Å². The van der Waals surface area contributed by atoms with Crippen LogP contribution in [0.1, 0.15) is 25.7 Å². The van der Waals surface area contributed by atoms with E-state index >= 15 is 0 Å². The molecule has 3 rings (SSSR count). The smallest absolute Gasteiger partial charge is 0.0675 e. The average Bonchev–Trinajstić information content (AvgIpc) is 2.96. The Balaban J connectivity index is 2.20. The summed E-state index contributed by atoms with van der Waals surface area (Å²) in [7, 11) is 0. The van der Waals surface area contributed by atoms with Gasteiger partial charge in [0, 0.05) is 16.6 Å². The second-order valence-electron chi connectivity index (χ2n) is 4.95. The van der Waals surface area contributed by atoms with Crippen molar-refractivity contribution in [3.8, 4) is 0 Å². The van der Waals surface area contributed by atoms with Crippen LogP contribution in [0.5, 0.6) is 0 Å². The Hall–Kier alpha value is -0.990. The maximum absolute atomic E-state index is 9.76. The highest BCUT2D eigenvalue weighted by Gasteiger charge is 2.35. The van der Waals surface area contributed by atoms with E-state index in [1.807, 2.05) is 18.2 Å². The molecule has 1 fully saturated rings. The Kier molecular flexibility index (Phi) is 2.64. The van der Waals surface area contributed by atoms with Gasteiger partial charge in [-0.3, -0.25) is 0 Å². The van der Waals surface area contributed by atoms with Gasteiger partial charge < -0.3 is 9.67 Å². The second kappa shape index (κ2) is 4.04. The summed E-state index contributed by atoms with van der Waals surface area (Å²) in [6.45, 7) is 0.212. The van der Waals surface area contributed by atoms with Crippen LogP contribution in [0.3, 0.4) is 0 Å². The van der Waals surface area contributed by atoms with Crippen molar-refractivity contribution < 1.29 is 5.11 Å². The second-order valence-corrected chi connectivity index (χ2v) is 5.36. The van der Waals surface area contributed by atoms with Crippen molar-refractivity contribution in [3.63, 3.8) is 0 Å². The van der Waals surface area contributed by atoms with E-state index in [4.69, 9.17) is 11.6 Å². The molecule has 90 valence electrons. The van der Waals surface area contributed by atoms with Crippen molar-refractivity contribution in [2.45, 2.75) is 31.2 Å². The van der Waals surface area contributed by atoms with Crippen molar-refractivity contribution in [1.82, 2.24) is 4.57 Å². The Bertz CT molecular complexity index is 540. The molecule has 3 heteroatoms. The Morgan fingerprint density at radius 2 is 2.00 bits per heavy atom. The fourth-order valence-electron chi connectivity index (χ4n) is 3.05. The van der Waals surface area contributed by atoms with Crippen LogP contribution >= 0.6 is 11.6 Å². The molecule has 1 aromatic carbocycles. The van der Waals surface area contributed by atoms with Crippen LogP contribution in [-0.2, 0) is 5.54 Å². The summed E-state index contributed by atoms with van der Waals surface area (Å²) in [5.41, 5.74) is 1.03. The molecule has 2 nitrogen and oxygen atoms in total. The van der Waals surface area contributed by atoms with Gasteiger partial charge in [-0.25, -0.2) is 0 Å². The molecular weight excluding hydrogens is 234 g/mol. The van der Waals surface area contributed by atoms with Crippen molar-refractivity contribution in [1.29, 1.82) is 0 Å². The van der Waals surface area contributed by atoms with Gasteiger partial charge in [-0.2, -0.15) is 0 Å². The zero-order chi connectivity index (χ0) is 11.9. The van der Waals surface area contributed by atoms with Crippen LogP contribution in [-0.4, -0.2) is 16.3 Å². The van der Waals surface area contributed by atoms with Gasteiger partial charge in [0.25, 0.3) is 0 Å². The average molecular weight is 250 g/mol.